The third kappa shape index (κ3) is 3.52. The molecule has 6 heteroatoms. The van der Waals surface area contributed by atoms with E-state index in [1.165, 1.54) is 0 Å². The van der Waals surface area contributed by atoms with E-state index in [0.29, 0.717) is 36.4 Å². The number of carbonyl (C=O) groups excluding carboxylic acids is 1. The van der Waals surface area contributed by atoms with Gasteiger partial charge in [0, 0.05) is 18.7 Å². The highest BCUT2D eigenvalue weighted by Crippen LogP contribution is 2.30. The number of nitrogens with one attached hydrogen (secondary N) is 1. The lowest BCUT2D eigenvalue weighted by Crippen LogP contribution is -2.62. The van der Waals surface area contributed by atoms with Crippen molar-refractivity contribution in [3.8, 4) is 17.2 Å². The lowest BCUT2D eigenvalue weighted by molar-refractivity contribution is -0.138. The second kappa shape index (κ2) is 7.08. The van der Waals surface area contributed by atoms with Crippen molar-refractivity contribution < 1.29 is 19.0 Å². The molecule has 1 amide bonds. The maximum Gasteiger partial charge on any atom is 0.239 e. The molecule has 0 radical (unpaired) electrons. The van der Waals surface area contributed by atoms with Gasteiger partial charge in [-0.2, -0.15) is 0 Å². The van der Waals surface area contributed by atoms with Crippen LogP contribution in [-0.4, -0.2) is 56.8 Å². The Labute approximate surface area is 136 Å². The number of piperazine rings is 1. The summed E-state index contributed by atoms with van der Waals surface area (Å²) < 4.78 is 16.2. The molecule has 2 fully saturated rings. The van der Waals surface area contributed by atoms with Gasteiger partial charge in [-0.3, -0.25) is 4.79 Å². The summed E-state index contributed by atoms with van der Waals surface area (Å²) in [6, 6.07) is 5.90. The highest BCUT2D eigenvalue weighted by molar-refractivity contribution is 5.83. The van der Waals surface area contributed by atoms with Crippen LogP contribution >= 0.6 is 0 Å². The highest BCUT2D eigenvalue weighted by atomic mass is 16.5. The van der Waals surface area contributed by atoms with Gasteiger partial charge in [-0.15, -0.1) is 0 Å². The molecule has 0 spiro atoms. The fourth-order valence-corrected chi connectivity index (χ4v) is 3.32. The summed E-state index contributed by atoms with van der Waals surface area (Å²) in [6.45, 7) is 1.87. The summed E-state index contributed by atoms with van der Waals surface area (Å²) >= 11 is 0. The Morgan fingerprint density at radius 2 is 2.04 bits per heavy atom. The maximum absolute atomic E-state index is 12.3. The molecule has 23 heavy (non-hydrogen) atoms. The van der Waals surface area contributed by atoms with Gasteiger partial charge in [0.15, 0.2) is 11.5 Å². The molecular formula is C17H24N2O4. The molecule has 1 aromatic rings. The van der Waals surface area contributed by atoms with Crippen LogP contribution in [-0.2, 0) is 4.79 Å². The number of ether oxygens (including phenoxy) is 3. The Balaban J connectivity index is 1.54. The van der Waals surface area contributed by atoms with Gasteiger partial charge in [0.1, 0.15) is 12.4 Å². The second-order valence-electron chi connectivity index (χ2n) is 6.00. The standard InChI is InChI=1S/C17H24N2O4/c1-21-15-7-6-13(10-16(15)22-2)23-9-8-19-11-12-4-3-5-14(18-12)17(19)20/h6-7,10,12,14,18H,3-5,8-9,11H2,1-2H3/t12-,14+/m1/s1. The first-order valence-corrected chi connectivity index (χ1v) is 8.11. The second-order valence-corrected chi connectivity index (χ2v) is 6.00. The van der Waals surface area contributed by atoms with Crippen LogP contribution in [0.4, 0.5) is 0 Å². The minimum absolute atomic E-state index is 0.00332. The number of nitrogens with zero attached hydrogens (tertiary/aromatic N) is 1. The first-order chi connectivity index (χ1) is 11.2. The van der Waals surface area contributed by atoms with Crippen LogP contribution in [0.3, 0.4) is 0 Å². The Morgan fingerprint density at radius 3 is 2.83 bits per heavy atom. The van der Waals surface area contributed by atoms with E-state index in [4.69, 9.17) is 14.2 Å². The number of piperidine rings is 1. The zero-order chi connectivity index (χ0) is 16.2. The predicted octanol–water partition coefficient (Wildman–Crippen LogP) is 1.44. The van der Waals surface area contributed by atoms with Crippen LogP contribution in [0.2, 0.25) is 0 Å². The molecule has 2 heterocycles. The summed E-state index contributed by atoms with van der Waals surface area (Å²) in [6.07, 6.45) is 3.24. The quantitative estimate of drug-likeness (QED) is 0.859. The van der Waals surface area contributed by atoms with Gasteiger partial charge in [0.05, 0.1) is 26.8 Å². The van der Waals surface area contributed by atoms with Crippen molar-refractivity contribution in [1.29, 1.82) is 0 Å². The molecule has 126 valence electrons. The topological polar surface area (TPSA) is 60.0 Å². The van der Waals surface area contributed by atoms with Crippen molar-refractivity contribution in [3.05, 3.63) is 18.2 Å². The molecule has 0 unspecified atom stereocenters. The number of fused-ring (bicyclic) bond motifs is 2. The number of rotatable bonds is 6. The molecule has 0 aromatic heterocycles. The zero-order valence-electron chi connectivity index (χ0n) is 13.7. The average molecular weight is 320 g/mol. The number of benzene rings is 1. The maximum atomic E-state index is 12.3. The van der Waals surface area contributed by atoms with Crippen molar-refractivity contribution in [2.45, 2.75) is 31.3 Å². The van der Waals surface area contributed by atoms with E-state index in [9.17, 15) is 4.79 Å². The fourth-order valence-electron chi connectivity index (χ4n) is 3.32. The molecule has 1 N–H and O–H groups in total. The van der Waals surface area contributed by atoms with E-state index in [2.05, 4.69) is 5.32 Å². The van der Waals surface area contributed by atoms with Gasteiger partial charge in [-0.1, -0.05) is 0 Å². The fraction of sp³-hybridized carbons (Fsp3) is 0.588. The zero-order valence-corrected chi connectivity index (χ0v) is 13.7. The van der Waals surface area contributed by atoms with Gasteiger partial charge in [-0.05, 0) is 31.4 Å². The van der Waals surface area contributed by atoms with Crippen LogP contribution in [0.5, 0.6) is 17.2 Å². The third-order valence-electron chi connectivity index (χ3n) is 4.52. The Hall–Kier alpha value is -1.95. The van der Waals surface area contributed by atoms with Crippen LogP contribution in [0.15, 0.2) is 18.2 Å². The molecule has 2 aliphatic rings. The van der Waals surface area contributed by atoms with Crippen LogP contribution < -0.4 is 19.5 Å². The van der Waals surface area contributed by atoms with Gasteiger partial charge in [0.25, 0.3) is 0 Å². The minimum atomic E-state index is 0.00332. The number of likely N-dealkylation sites (tertiary alicyclic amines) is 1. The number of hydrogen-bond donors (Lipinski definition) is 1. The van der Waals surface area contributed by atoms with Crippen molar-refractivity contribution in [3.63, 3.8) is 0 Å². The largest absolute Gasteiger partial charge is 0.493 e. The number of amides is 1. The molecule has 1 aromatic carbocycles. The Morgan fingerprint density at radius 1 is 1.22 bits per heavy atom. The lowest BCUT2D eigenvalue weighted by atomic mass is 9.93. The number of methoxy groups -OCH3 is 2. The van der Waals surface area contributed by atoms with Gasteiger partial charge < -0.3 is 24.4 Å². The van der Waals surface area contributed by atoms with E-state index in [-0.39, 0.29) is 11.9 Å². The van der Waals surface area contributed by atoms with E-state index in [1.807, 2.05) is 17.0 Å². The number of carbonyl (C=O) groups is 1. The van der Waals surface area contributed by atoms with Gasteiger partial charge in [-0.25, -0.2) is 0 Å². The first-order valence-electron chi connectivity index (χ1n) is 8.11. The van der Waals surface area contributed by atoms with E-state index in [0.717, 1.165) is 25.8 Å². The molecule has 2 saturated heterocycles. The summed E-state index contributed by atoms with van der Waals surface area (Å²) in [7, 11) is 3.20. The van der Waals surface area contributed by atoms with Crippen LogP contribution in [0, 0.1) is 0 Å². The normalized spacial score (nSPS) is 23.6. The Kier molecular flexibility index (Phi) is 4.91. The van der Waals surface area contributed by atoms with Crippen molar-refractivity contribution in [1.82, 2.24) is 10.2 Å². The first kappa shape index (κ1) is 15.9. The molecule has 0 aliphatic carbocycles. The lowest BCUT2D eigenvalue weighted by Gasteiger charge is -2.41. The highest BCUT2D eigenvalue weighted by Gasteiger charge is 2.35. The molecule has 2 bridgehead atoms. The van der Waals surface area contributed by atoms with Crippen molar-refractivity contribution in [2.75, 3.05) is 33.9 Å². The summed E-state index contributed by atoms with van der Waals surface area (Å²) in [4.78, 5) is 14.3. The average Bonchev–Trinajstić information content (AvgIpc) is 2.59. The van der Waals surface area contributed by atoms with E-state index in [1.54, 1.807) is 20.3 Å². The van der Waals surface area contributed by atoms with Gasteiger partial charge >= 0.3 is 0 Å². The molecular weight excluding hydrogens is 296 g/mol. The van der Waals surface area contributed by atoms with Crippen molar-refractivity contribution in [2.24, 2.45) is 0 Å². The molecule has 6 nitrogen and oxygen atoms in total. The smallest absolute Gasteiger partial charge is 0.239 e. The summed E-state index contributed by atoms with van der Waals surface area (Å²) in [5.41, 5.74) is 0. The summed E-state index contributed by atoms with van der Waals surface area (Å²) in [5, 5.41) is 3.41. The molecule has 2 aliphatic heterocycles. The molecule has 0 saturated carbocycles. The van der Waals surface area contributed by atoms with Gasteiger partial charge in [0.2, 0.25) is 5.91 Å². The SMILES string of the molecule is COc1ccc(OCCN2C[C@H]3CCC[C@H](N3)C2=O)cc1OC. The summed E-state index contributed by atoms with van der Waals surface area (Å²) in [5.74, 6) is 2.23. The number of hydrogen-bond acceptors (Lipinski definition) is 5. The Bertz CT molecular complexity index is 564. The molecule has 2 atom stereocenters. The van der Waals surface area contributed by atoms with Crippen LogP contribution in [0.25, 0.3) is 0 Å². The van der Waals surface area contributed by atoms with E-state index >= 15 is 0 Å². The molecule has 3 rings (SSSR count). The minimum Gasteiger partial charge on any atom is -0.493 e. The monoisotopic (exact) mass is 320 g/mol. The van der Waals surface area contributed by atoms with Crippen molar-refractivity contribution >= 4 is 5.91 Å². The third-order valence-corrected chi connectivity index (χ3v) is 4.52. The van der Waals surface area contributed by atoms with E-state index < -0.39 is 0 Å². The predicted molar refractivity (Wildman–Crippen MR) is 86.2 cm³/mol. The van der Waals surface area contributed by atoms with Crippen LogP contribution in [0.1, 0.15) is 19.3 Å².